The number of rotatable bonds is 3. The molecule has 27 heavy (non-hydrogen) atoms. The number of para-hydroxylation sites is 2. The average Bonchev–Trinajstić information content (AvgIpc) is 3.09. The third-order valence-electron chi connectivity index (χ3n) is 5.15. The van der Waals surface area contributed by atoms with Crippen LogP contribution in [0.1, 0.15) is 35.8 Å². The first kappa shape index (κ1) is 17.3. The number of amides is 1. The van der Waals surface area contributed by atoms with Crippen LogP contribution in [0.4, 0.5) is 0 Å². The van der Waals surface area contributed by atoms with E-state index in [2.05, 4.69) is 19.9 Å². The summed E-state index contributed by atoms with van der Waals surface area (Å²) < 4.78 is 0. The number of aromatic amines is 3. The molecule has 1 atom stereocenters. The number of H-pyrrole nitrogens is 3. The molecule has 0 unspecified atom stereocenters. The van der Waals surface area contributed by atoms with E-state index in [1.165, 1.54) is 0 Å². The number of nitrogens with one attached hydrogen (secondary N) is 3. The number of carbonyl (C=O) groups excluding carboxylic acids is 1. The van der Waals surface area contributed by atoms with Crippen molar-refractivity contribution in [3.05, 3.63) is 62.2 Å². The largest absolute Gasteiger partial charge is 0.342 e. The Kier molecular flexibility index (Phi) is 4.39. The predicted octanol–water partition coefficient (Wildman–Crippen LogP) is 1.20. The van der Waals surface area contributed by atoms with E-state index in [0.29, 0.717) is 24.3 Å². The lowest BCUT2D eigenvalue weighted by Crippen LogP contribution is -2.41. The van der Waals surface area contributed by atoms with Gasteiger partial charge in [-0.3, -0.25) is 14.6 Å². The van der Waals surface area contributed by atoms with Crippen molar-refractivity contribution >= 4 is 16.9 Å². The SMILES string of the molecule is Cc1[nH]c(=O)[nH]c(=O)c1CC(=O)N1CCC[C@H](c2nc3ccccc3[nH]2)C1. The molecule has 1 fully saturated rings. The second-order valence-corrected chi connectivity index (χ2v) is 7.01. The molecule has 2 aromatic heterocycles. The van der Waals surface area contributed by atoms with Gasteiger partial charge in [0.2, 0.25) is 5.91 Å². The maximum Gasteiger partial charge on any atom is 0.325 e. The number of fused-ring (bicyclic) bond motifs is 1. The van der Waals surface area contributed by atoms with Crippen LogP contribution in [0.3, 0.4) is 0 Å². The van der Waals surface area contributed by atoms with Crippen LogP contribution in [0.15, 0.2) is 33.9 Å². The third kappa shape index (κ3) is 3.42. The first-order chi connectivity index (χ1) is 13.0. The van der Waals surface area contributed by atoms with E-state index in [9.17, 15) is 14.4 Å². The van der Waals surface area contributed by atoms with E-state index in [-0.39, 0.29) is 18.2 Å². The number of hydrogen-bond donors (Lipinski definition) is 3. The van der Waals surface area contributed by atoms with Gasteiger partial charge in [-0.05, 0) is 31.9 Å². The van der Waals surface area contributed by atoms with Gasteiger partial charge in [0.15, 0.2) is 0 Å². The summed E-state index contributed by atoms with van der Waals surface area (Å²) in [6, 6.07) is 7.87. The van der Waals surface area contributed by atoms with E-state index in [1.54, 1.807) is 11.8 Å². The van der Waals surface area contributed by atoms with Crippen molar-refractivity contribution in [2.24, 2.45) is 0 Å². The summed E-state index contributed by atoms with van der Waals surface area (Å²) in [5.41, 5.74) is 1.60. The Morgan fingerprint density at radius 2 is 2.04 bits per heavy atom. The van der Waals surface area contributed by atoms with Crippen LogP contribution in [0.5, 0.6) is 0 Å². The molecule has 1 aromatic carbocycles. The zero-order chi connectivity index (χ0) is 19.0. The van der Waals surface area contributed by atoms with Crippen LogP contribution in [-0.2, 0) is 11.2 Å². The zero-order valence-electron chi connectivity index (χ0n) is 15.0. The smallest absolute Gasteiger partial charge is 0.325 e. The Balaban J connectivity index is 1.52. The summed E-state index contributed by atoms with van der Waals surface area (Å²) in [6.07, 6.45) is 1.82. The van der Waals surface area contributed by atoms with Crippen LogP contribution < -0.4 is 11.2 Å². The number of piperidine rings is 1. The zero-order valence-corrected chi connectivity index (χ0v) is 15.0. The summed E-state index contributed by atoms with van der Waals surface area (Å²) >= 11 is 0. The van der Waals surface area contributed by atoms with E-state index in [4.69, 9.17) is 0 Å². The molecule has 1 aliphatic rings. The minimum atomic E-state index is -0.559. The molecule has 1 aliphatic heterocycles. The summed E-state index contributed by atoms with van der Waals surface area (Å²) in [5.74, 6) is 0.924. The van der Waals surface area contributed by atoms with Gasteiger partial charge in [-0.1, -0.05) is 12.1 Å². The van der Waals surface area contributed by atoms with E-state index >= 15 is 0 Å². The number of imidazole rings is 1. The molecule has 3 aromatic rings. The molecule has 140 valence electrons. The highest BCUT2D eigenvalue weighted by atomic mass is 16.2. The summed E-state index contributed by atoms with van der Waals surface area (Å²) in [5, 5.41) is 0. The molecular formula is C19H21N5O3. The van der Waals surface area contributed by atoms with Crippen molar-refractivity contribution in [1.29, 1.82) is 0 Å². The van der Waals surface area contributed by atoms with Gasteiger partial charge in [0.1, 0.15) is 5.82 Å². The molecule has 8 heteroatoms. The molecule has 0 radical (unpaired) electrons. The molecule has 1 amide bonds. The number of hydrogen-bond acceptors (Lipinski definition) is 4. The fourth-order valence-corrected chi connectivity index (χ4v) is 3.69. The van der Waals surface area contributed by atoms with Crippen molar-refractivity contribution < 1.29 is 4.79 Å². The van der Waals surface area contributed by atoms with Gasteiger partial charge in [-0.2, -0.15) is 0 Å². The van der Waals surface area contributed by atoms with Gasteiger partial charge in [0, 0.05) is 30.3 Å². The molecule has 0 saturated carbocycles. The van der Waals surface area contributed by atoms with Gasteiger partial charge < -0.3 is 14.9 Å². The molecule has 3 N–H and O–H groups in total. The second kappa shape index (κ2) is 6.86. The van der Waals surface area contributed by atoms with Gasteiger partial charge in [0.25, 0.3) is 5.56 Å². The van der Waals surface area contributed by atoms with Crippen LogP contribution in [0.25, 0.3) is 11.0 Å². The molecule has 0 bridgehead atoms. The maximum absolute atomic E-state index is 12.8. The Bertz CT molecular complexity index is 1080. The quantitative estimate of drug-likeness (QED) is 0.645. The van der Waals surface area contributed by atoms with Crippen LogP contribution >= 0.6 is 0 Å². The van der Waals surface area contributed by atoms with Gasteiger partial charge in [-0.15, -0.1) is 0 Å². The van der Waals surface area contributed by atoms with Gasteiger partial charge in [-0.25, -0.2) is 9.78 Å². The maximum atomic E-state index is 12.8. The Morgan fingerprint density at radius 3 is 2.81 bits per heavy atom. The molecular weight excluding hydrogens is 346 g/mol. The lowest BCUT2D eigenvalue weighted by molar-refractivity contribution is -0.131. The molecule has 8 nitrogen and oxygen atoms in total. The van der Waals surface area contributed by atoms with Crippen LogP contribution in [-0.4, -0.2) is 43.8 Å². The predicted molar refractivity (Wildman–Crippen MR) is 101 cm³/mol. The summed E-state index contributed by atoms with van der Waals surface area (Å²) in [6.45, 7) is 2.86. The van der Waals surface area contributed by atoms with Crippen LogP contribution in [0, 0.1) is 6.92 Å². The Hall–Kier alpha value is -3.16. The Morgan fingerprint density at radius 1 is 1.22 bits per heavy atom. The summed E-state index contributed by atoms with van der Waals surface area (Å²) in [7, 11) is 0. The highest BCUT2D eigenvalue weighted by Crippen LogP contribution is 2.27. The first-order valence-electron chi connectivity index (χ1n) is 9.06. The number of benzene rings is 1. The first-order valence-corrected chi connectivity index (χ1v) is 9.06. The highest BCUT2D eigenvalue weighted by Gasteiger charge is 2.27. The second-order valence-electron chi connectivity index (χ2n) is 7.01. The van der Waals surface area contributed by atoms with Gasteiger partial charge in [0.05, 0.1) is 17.5 Å². The molecule has 0 aliphatic carbocycles. The van der Waals surface area contributed by atoms with E-state index in [1.807, 2.05) is 24.3 Å². The number of aryl methyl sites for hydroxylation is 1. The van der Waals surface area contributed by atoms with Crippen molar-refractivity contribution in [2.45, 2.75) is 32.1 Å². The van der Waals surface area contributed by atoms with Crippen molar-refractivity contribution in [3.63, 3.8) is 0 Å². The molecule has 0 spiro atoms. The Labute approximate surface area is 154 Å². The molecule has 3 heterocycles. The monoisotopic (exact) mass is 367 g/mol. The third-order valence-corrected chi connectivity index (χ3v) is 5.15. The summed E-state index contributed by atoms with van der Waals surface area (Å²) in [4.78, 5) is 50.6. The molecule has 4 rings (SSSR count). The normalized spacial score (nSPS) is 17.4. The standard InChI is InChI=1S/C19H21N5O3/c1-11-13(18(26)23-19(27)20-11)9-16(25)24-8-4-5-12(10-24)17-21-14-6-2-3-7-15(14)22-17/h2-3,6-7,12H,4-5,8-10H2,1H3,(H,21,22)(H2,20,23,26,27)/t12-/m0/s1. The fraction of sp³-hybridized carbons (Fsp3) is 0.368. The van der Waals surface area contributed by atoms with Crippen molar-refractivity contribution in [2.75, 3.05) is 13.1 Å². The number of aromatic nitrogens is 4. The highest BCUT2D eigenvalue weighted by molar-refractivity contribution is 5.79. The minimum absolute atomic E-state index is 0.0230. The van der Waals surface area contributed by atoms with Crippen molar-refractivity contribution in [3.8, 4) is 0 Å². The topological polar surface area (TPSA) is 115 Å². The van der Waals surface area contributed by atoms with Gasteiger partial charge >= 0.3 is 5.69 Å². The minimum Gasteiger partial charge on any atom is -0.342 e. The molecule has 1 saturated heterocycles. The van der Waals surface area contributed by atoms with E-state index < -0.39 is 11.2 Å². The lowest BCUT2D eigenvalue weighted by atomic mass is 9.96. The number of carbonyl (C=O) groups is 1. The lowest BCUT2D eigenvalue weighted by Gasteiger charge is -2.32. The van der Waals surface area contributed by atoms with Crippen LogP contribution in [0.2, 0.25) is 0 Å². The average molecular weight is 367 g/mol. The van der Waals surface area contributed by atoms with E-state index in [0.717, 1.165) is 29.7 Å². The number of likely N-dealkylation sites (tertiary alicyclic amines) is 1. The van der Waals surface area contributed by atoms with Crippen molar-refractivity contribution in [1.82, 2.24) is 24.8 Å². The number of nitrogens with zero attached hydrogens (tertiary/aromatic N) is 2. The fourth-order valence-electron chi connectivity index (χ4n) is 3.69.